The molecular weight excluding hydrogens is 284 g/mol. The standard InChI is InChI=1S/C16H30N2O4/c1-11(17)10-22-16(18-12(9-19)8-13(20)21)14(2,3)6-7-15(16,4)5/h9,11-12,18H,6-8,10,17H2,1-5H3,(H,20,21)/t11?,12-/m0/s1. The van der Waals surface area contributed by atoms with Gasteiger partial charge in [0.15, 0.2) is 0 Å². The minimum atomic E-state index is -1.01. The summed E-state index contributed by atoms with van der Waals surface area (Å²) in [5.41, 5.74) is 4.55. The summed E-state index contributed by atoms with van der Waals surface area (Å²) in [5, 5.41) is 12.2. The molecular formula is C16H30N2O4. The van der Waals surface area contributed by atoms with Gasteiger partial charge in [0, 0.05) is 16.9 Å². The van der Waals surface area contributed by atoms with E-state index in [1.165, 1.54) is 0 Å². The van der Waals surface area contributed by atoms with Gasteiger partial charge in [-0.05, 0) is 19.8 Å². The van der Waals surface area contributed by atoms with Crippen molar-refractivity contribution in [2.24, 2.45) is 16.6 Å². The topological polar surface area (TPSA) is 102 Å². The van der Waals surface area contributed by atoms with Crippen molar-refractivity contribution in [2.75, 3.05) is 6.61 Å². The fourth-order valence-corrected chi connectivity index (χ4v) is 3.56. The molecule has 22 heavy (non-hydrogen) atoms. The first-order valence-corrected chi connectivity index (χ1v) is 7.82. The Hall–Kier alpha value is -0.980. The zero-order valence-electron chi connectivity index (χ0n) is 14.3. The number of nitrogens with two attached hydrogens (primary N) is 1. The molecule has 6 nitrogen and oxygen atoms in total. The third-order valence-corrected chi connectivity index (χ3v) is 4.79. The predicted octanol–water partition coefficient (Wildman–Crippen LogP) is 1.52. The predicted molar refractivity (Wildman–Crippen MR) is 84.4 cm³/mol. The minimum absolute atomic E-state index is 0.139. The number of carbonyl (C=O) groups is 2. The first-order valence-electron chi connectivity index (χ1n) is 7.82. The highest BCUT2D eigenvalue weighted by atomic mass is 16.5. The molecule has 0 saturated heterocycles. The van der Waals surface area contributed by atoms with E-state index < -0.39 is 17.7 Å². The highest BCUT2D eigenvalue weighted by Crippen LogP contribution is 2.57. The van der Waals surface area contributed by atoms with Crippen LogP contribution in [0.1, 0.15) is 53.9 Å². The average molecular weight is 314 g/mol. The summed E-state index contributed by atoms with van der Waals surface area (Å²) < 4.78 is 6.21. The summed E-state index contributed by atoms with van der Waals surface area (Å²) >= 11 is 0. The third-order valence-electron chi connectivity index (χ3n) is 4.79. The molecule has 1 saturated carbocycles. The molecule has 0 aromatic rings. The Labute approximate surface area is 132 Å². The molecule has 0 amide bonds. The molecule has 0 radical (unpaired) electrons. The summed E-state index contributed by atoms with van der Waals surface area (Å²) in [6, 6.07) is -0.928. The number of aldehydes is 1. The number of hydrogen-bond acceptors (Lipinski definition) is 5. The van der Waals surface area contributed by atoms with Crippen LogP contribution in [0.15, 0.2) is 0 Å². The number of nitrogens with one attached hydrogen (secondary N) is 1. The molecule has 0 bridgehead atoms. The second-order valence-electron chi connectivity index (χ2n) is 7.72. The molecule has 0 aromatic heterocycles. The molecule has 1 fully saturated rings. The molecule has 1 aliphatic carbocycles. The molecule has 0 aromatic carbocycles. The maximum absolute atomic E-state index is 11.3. The van der Waals surface area contributed by atoms with E-state index in [2.05, 4.69) is 33.0 Å². The number of carboxylic acids is 1. The van der Waals surface area contributed by atoms with E-state index in [9.17, 15) is 9.59 Å². The van der Waals surface area contributed by atoms with Crippen molar-refractivity contribution >= 4 is 12.3 Å². The van der Waals surface area contributed by atoms with Crippen molar-refractivity contribution in [3.05, 3.63) is 0 Å². The van der Waals surface area contributed by atoms with Gasteiger partial charge in [0.1, 0.15) is 12.0 Å². The lowest BCUT2D eigenvalue weighted by atomic mass is 9.73. The van der Waals surface area contributed by atoms with Crippen LogP contribution in [-0.4, -0.2) is 41.8 Å². The van der Waals surface area contributed by atoms with E-state index in [0.29, 0.717) is 12.9 Å². The van der Waals surface area contributed by atoms with Crippen LogP contribution in [0, 0.1) is 10.8 Å². The van der Waals surface area contributed by atoms with Crippen molar-refractivity contribution in [1.82, 2.24) is 5.32 Å². The highest BCUT2D eigenvalue weighted by molar-refractivity contribution is 5.73. The van der Waals surface area contributed by atoms with Crippen LogP contribution in [0.2, 0.25) is 0 Å². The van der Waals surface area contributed by atoms with E-state index in [1.54, 1.807) is 0 Å². The molecule has 0 aliphatic heterocycles. The molecule has 6 heteroatoms. The van der Waals surface area contributed by atoms with Gasteiger partial charge in [-0.15, -0.1) is 0 Å². The molecule has 0 heterocycles. The first-order chi connectivity index (χ1) is 9.97. The van der Waals surface area contributed by atoms with Crippen LogP contribution in [0.3, 0.4) is 0 Å². The normalized spacial score (nSPS) is 24.6. The summed E-state index contributed by atoms with van der Waals surface area (Å²) in [4.78, 5) is 22.3. The molecule has 2 atom stereocenters. The van der Waals surface area contributed by atoms with Gasteiger partial charge in [-0.1, -0.05) is 27.7 Å². The Bertz CT molecular complexity index is 402. The molecule has 1 rings (SSSR count). The Balaban J connectivity index is 3.15. The van der Waals surface area contributed by atoms with E-state index in [-0.39, 0.29) is 23.3 Å². The minimum Gasteiger partial charge on any atom is -0.481 e. The lowest BCUT2D eigenvalue weighted by Crippen LogP contribution is -2.66. The maximum Gasteiger partial charge on any atom is 0.305 e. The van der Waals surface area contributed by atoms with Crippen LogP contribution in [0.4, 0.5) is 0 Å². The molecule has 0 spiro atoms. The number of carboxylic acid groups (broad SMARTS) is 1. The molecule has 4 N–H and O–H groups in total. The fraction of sp³-hybridized carbons (Fsp3) is 0.875. The zero-order valence-corrected chi connectivity index (χ0v) is 14.3. The number of carbonyl (C=O) groups excluding carboxylic acids is 1. The number of hydrogen-bond donors (Lipinski definition) is 3. The van der Waals surface area contributed by atoms with E-state index in [4.69, 9.17) is 15.6 Å². The van der Waals surface area contributed by atoms with Gasteiger partial charge in [-0.25, -0.2) is 0 Å². The monoisotopic (exact) mass is 314 g/mol. The first kappa shape index (κ1) is 19.1. The van der Waals surface area contributed by atoms with Crippen LogP contribution < -0.4 is 11.1 Å². The second kappa shape index (κ2) is 6.64. The summed E-state index contributed by atoms with van der Waals surface area (Å²) in [6.07, 6.45) is 2.23. The summed E-state index contributed by atoms with van der Waals surface area (Å²) in [7, 11) is 0. The van der Waals surface area contributed by atoms with Crippen molar-refractivity contribution in [2.45, 2.75) is 71.7 Å². The van der Waals surface area contributed by atoms with Crippen LogP contribution in [0.25, 0.3) is 0 Å². The Kier molecular flexibility index (Phi) is 5.76. The Morgan fingerprint density at radius 1 is 1.32 bits per heavy atom. The SMILES string of the molecule is CC(N)COC1(N[C@H](C=O)CC(=O)O)C(C)(C)CCC1(C)C. The van der Waals surface area contributed by atoms with Gasteiger partial charge in [0.2, 0.25) is 0 Å². The van der Waals surface area contributed by atoms with Crippen molar-refractivity contribution < 1.29 is 19.4 Å². The van der Waals surface area contributed by atoms with Crippen LogP contribution in [-0.2, 0) is 14.3 Å². The van der Waals surface area contributed by atoms with E-state index in [1.807, 2.05) is 6.92 Å². The van der Waals surface area contributed by atoms with Crippen molar-refractivity contribution in [3.8, 4) is 0 Å². The van der Waals surface area contributed by atoms with Gasteiger partial charge in [0.25, 0.3) is 0 Å². The maximum atomic E-state index is 11.3. The fourth-order valence-electron chi connectivity index (χ4n) is 3.56. The summed E-state index contributed by atoms with van der Waals surface area (Å²) in [5.74, 6) is -1.01. The van der Waals surface area contributed by atoms with Crippen molar-refractivity contribution in [1.29, 1.82) is 0 Å². The Morgan fingerprint density at radius 3 is 2.18 bits per heavy atom. The molecule has 1 unspecified atom stereocenters. The second-order valence-corrected chi connectivity index (χ2v) is 7.72. The summed E-state index contributed by atoms with van der Waals surface area (Å²) in [6.45, 7) is 10.5. The van der Waals surface area contributed by atoms with Crippen LogP contribution >= 0.6 is 0 Å². The van der Waals surface area contributed by atoms with E-state index in [0.717, 1.165) is 12.8 Å². The number of rotatable bonds is 8. The van der Waals surface area contributed by atoms with Gasteiger partial charge in [-0.2, -0.15) is 0 Å². The largest absolute Gasteiger partial charge is 0.481 e. The third kappa shape index (κ3) is 3.67. The smallest absolute Gasteiger partial charge is 0.305 e. The zero-order chi connectivity index (χ0) is 17.2. The Morgan fingerprint density at radius 2 is 1.82 bits per heavy atom. The average Bonchev–Trinajstić information content (AvgIpc) is 2.55. The number of ether oxygens (including phenoxy) is 1. The van der Waals surface area contributed by atoms with Gasteiger partial charge >= 0.3 is 5.97 Å². The molecule has 1 aliphatic rings. The van der Waals surface area contributed by atoms with Gasteiger partial charge < -0.3 is 20.4 Å². The lowest BCUT2D eigenvalue weighted by Gasteiger charge is -2.51. The van der Waals surface area contributed by atoms with Gasteiger partial charge in [-0.3, -0.25) is 10.1 Å². The van der Waals surface area contributed by atoms with Crippen LogP contribution in [0.5, 0.6) is 0 Å². The lowest BCUT2D eigenvalue weighted by molar-refractivity contribution is -0.190. The highest BCUT2D eigenvalue weighted by Gasteiger charge is 2.61. The van der Waals surface area contributed by atoms with Gasteiger partial charge in [0.05, 0.1) is 19.1 Å². The quantitative estimate of drug-likeness (QED) is 0.464. The molecule has 128 valence electrons. The van der Waals surface area contributed by atoms with E-state index >= 15 is 0 Å². The van der Waals surface area contributed by atoms with Crippen molar-refractivity contribution in [3.63, 3.8) is 0 Å². The number of aliphatic carboxylic acids is 1.